The summed E-state index contributed by atoms with van der Waals surface area (Å²) in [6.07, 6.45) is 3.62. The third kappa shape index (κ3) is 2.44. The van der Waals surface area contributed by atoms with E-state index >= 15 is 0 Å². The first-order chi connectivity index (χ1) is 13.1. The number of carbonyl (C=O) groups is 1. The number of amides is 1. The van der Waals surface area contributed by atoms with Crippen LogP contribution < -0.4 is 4.90 Å². The maximum absolute atomic E-state index is 13.7. The second-order valence-electron chi connectivity index (χ2n) is 6.72. The third-order valence-electron chi connectivity index (χ3n) is 5.36. The fraction of sp³-hybridized carbons (Fsp3) is 0.190. The Morgan fingerprint density at radius 2 is 1.63 bits per heavy atom. The smallest absolute Gasteiger partial charge is 0.258 e. The molecular weight excluding hydrogens is 342 g/mol. The maximum Gasteiger partial charge on any atom is 0.258 e. The number of nitro groups is 1. The summed E-state index contributed by atoms with van der Waals surface area (Å²) in [4.78, 5) is 26.6. The second kappa shape index (κ2) is 6.39. The van der Waals surface area contributed by atoms with Crippen molar-refractivity contribution >= 4 is 11.6 Å². The molecule has 1 aliphatic rings. The van der Waals surface area contributed by atoms with Gasteiger partial charge in [0.05, 0.1) is 5.92 Å². The van der Waals surface area contributed by atoms with Crippen LogP contribution >= 0.6 is 0 Å². The lowest BCUT2D eigenvalue weighted by molar-refractivity contribution is -0.485. The minimum absolute atomic E-state index is 0.171. The fourth-order valence-electron chi connectivity index (χ4n) is 4.22. The van der Waals surface area contributed by atoms with Gasteiger partial charge >= 0.3 is 0 Å². The fourth-order valence-corrected chi connectivity index (χ4v) is 4.22. The lowest BCUT2D eigenvalue weighted by Crippen LogP contribution is -2.50. The van der Waals surface area contributed by atoms with Crippen molar-refractivity contribution in [2.75, 3.05) is 18.5 Å². The Kier molecular flexibility index (Phi) is 4.03. The predicted octanol–water partition coefficient (Wildman–Crippen LogP) is 3.27. The van der Waals surface area contributed by atoms with Crippen LogP contribution in [0.3, 0.4) is 0 Å². The van der Waals surface area contributed by atoms with Gasteiger partial charge in [-0.2, -0.15) is 0 Å². The molecule has 0 saturated carbocycles. The lowest BCUT2D eigenvalue weighted by atomic mass is 9.74. The van der Waals surface area contributed by atoms with Crippen LogP contribution in [0.2, 0.25) is 0 Å². The number of rotatable bonds is 5. The molecule has 6 heteroatoms. The van der Waals surface area contributed by atoms with Crippen LogP contribution in [0.1, 0.15) is 17.0 Å². The Morgan fingerprint density at radius 3 is 2.30 bits per heavy atom. The number of fused-ring (bicyclic) bond motifs is 1. The zero-order chi connectivity index (χ0) is 19.0. The van der Waals surface area contributed by atoms with Crippen LogP contribution in [-0.2, 0) is 10.3 Å². The van der Waals surface area contributed by atoms with Crippen LogP contribution in [0.5, 0.6) is 0 Å². The molecule has 3 aromatic rings. The molecule has 1 aliphatic heterocycles. The van der Waals surface area contributed by atoms with Crippen molar-refractivity contribution < 1.29 is 9.72 Å². The van der Waals surface area contributed by atoms with E-state index in [4.69, 9.17) is 0 Å². The summed E-state index contributed by atoms with van der Waals surface area (Å²) < 4.78 is 1.82. The van der Waals surface area contributed by atoms with Crippen molar-refractivity contribution in [1.82, 2.24) is 4.57 Å². The molecule has 0 unspecified atom stereocenters. The van der Waals surface area contributed by atoms with Crippen molar-refractivity contribution in [2.24, 2.45) is 0 Å². The molecule has 0 N–H and O–H groups in total. The molecule has 27 heavy (non-hydrogen) atoms. The highest BCUT2D eigenvalue weighted by atomic mass is 16.6. The SMILES string of the molecule is CN1C(=O)[C@]([C@H](C[N+](=O)[O-])c2ccccc2)(n2cccc2)c2ccccc21. The standard InChI is InChI=1S/C21H19N3O3/c1-22-19-12-6-5-11-17(19)21(20(22)25,23-13-7-8-14-23)18(15-24(26)27)16-9-3-2-4-10-16/h2-14,18H,15H2,1H3/t18-,21+/m1/s1. The summed E-state index contributed by atoms with van der Waals surface area (Å²) in [5.74, 6) is -0.824. The molecule has 2 heterocycles. The number of anilines is 1. The Morgan fingerprint density at radius 1 is 1.00 bits per heavy atom. The van der Waals surface area contributed by atoms with Gasteiger partial charge in [-0.3, -0.25) is 14.9 Å². The summed E-state index contributed by atoms with van der Waals surface area (Å²) in [5.41, 5.74) is 1.12. The zero-order valence-corrected chi connectivity index (χ0v) is 14.9. The van der Waals surface area contributed by atoms with Crippen molar-refractivity contribution in [3.63, 3.8) is 0 Å². The summed E-state index contributed by atoms with van der Waals surface area (Å²) in [7, 11) is 1.72. The largest absolute Gasteiger partial charge is 0.335 e. The highest BCUT2D eigenvalue weighted by molar-refractivity contribution is 6.08. The zero-order valence-electron chi connectivity index (χ0n) is 14.9. The quantitative estimate of drug-likeness (QED) is 0.517. The van der Waals surface area contributed by atoms with E-state index in [1.54, 1.807) is 11.9 Å². The van der Waals surface area contributed by atoms with Gasteiger partial charge in [-0.15, -0.1) is 0 Å². The highest BCUT2D eigenvalue weighted by Crippen LogP contribution is 2.50. The molecule has 2 atom stereocenters. The van der Waals surface area contributed by atoms with E-state index < -0.39 is 11.5 Å². The van der Waals surface area contributed by atoms with Gasteiger partial charge < -0.3 is 9.47 Å². The third-order valence-corrected chi connectivity index (χ3v) is 5.36. The molecule has 4 rings (SSSR count). The number of benzene rings is 2. The summed E-state index contributed by atoms with van der Waals surface area (Å²) in [6.45, 7) is -0.351. The molecule has 2 aromatic carbocycles. The van der Waals surface area contributed by atoms with E-state index in [9.17, 15) is 14.9 Å². The van der Waals surface area contributed by atoms with E-state index in [1.165, 1.54) is 0 Å². The lowest BCUT2D eigenvalue weighted by Gasteiger charge is -2.36. The van der Waals surface area contributed by atoms with E-state index in [0.717, 1.165) is 16.8 Å². The van der Waals surface area contributed by atoms with Gasteiger partial charge in [0.15, 0.2) is 5.54 Å². The number of nitrogens with zero attached hydrogens (tertiary/aromatic N) is 3. The van der Waals surface area contributed by atoms with E-state index in [-0.39, 0.29) is 17.4 Å². The molecule has 136 valence electrons. The minimum Gasteiger partial charge on any atom is -0.335 e. The summed E-state index contributed by atoms with van der Waals surface area (Å²) in [5, 5.41) is 11.6. The topological polar surface area (TPSA) is 68.4 Å². The van der Waals surface area contributed by atoms with Crippen LogP contribution in [0.25, 0.3) is 0 Å². The second-order valence-corrected chi connectivity index (χ2v) is 6.72. The monoisotopic (exact) mass is 361 g/mol. The average molecular weight is 361 g/mol. The number of likely N-dealkylation sites (N-methyl/N-ethyl adjacent to an activating group) is 1. The Hall–Kier alpha value is -3.41. The molecule has 6 nitrogen and oxygen atoms in total. The van der Waals surface area contributed by atoms with Crippen LogP contribution in [0, 0.1) is 10.1 Å². The molecule has 0 bridgehead atoms. The highest BCUT2D eigenvalue weighted by Gasteiger charge is 2.57. The average Bonchev–Trinajstić information content (AvgIpc) is 3.29. The molecule has 0 saturated heterocycles. The van der Waals surface area contributed by atoms with Crippen LogP contribution in [-0.4, -0.2) is 29.0 Å². The van der Waals surface area contributed by atoms with Crippen molar-refractivity contribution in [2.45, 2.75) is 11.5 Å². The van der Waals surface area contributed by atoms with Crippen molar-refractivity contribution in [1.29, 1.82) is 0 Å². The number of hydrogen-bond acceptors (Lipinski definition) is 3. The molecular formula is C21H19N3O3. The van der Waals surface area contributed by atoms with Crippen molar-refractivity contribution in [3.05, 3.63) is 100 Å². The maximum atomic E-state index is 13.7. The molecule has 0 spiro atoms. The first kappa shape index (κ1) is 17.0. The molecule has 1 aromatic heterocycles. The van der Waals surface area contributed by atoms with Gasteiger partial charge in [-0.1, -0.05) is 48.5 Å². The van der Waals surface area contributed by atoms with Crippen LogP contribution in [0.15, 0.2) is 79.1 Å². The van der Waals surface area contributed by atoms with Gasteiger partial charge in [0.1, 0.15) is 0 Å². The Bertz CT molecular complexity index is 985. The summed E-state index contributed by atoms with van der Waals surface area (Å²) >= 11 is 0. The number of aromatic nitrogens is 1. The van der Waals surface area contributed by atoms with Gasteiger partial charge in [-0.05, 0) is 23.8 Å². The van der Waals surface area contributed by atoms with Gasteiger partial charge in [0.25, 0.3) is 5.91 Å². The predicted molar refractivity (Wildman–Crippen MR) is 102 cm³/mol. The van der Waals surface area contributed by atoms with Gasteiger partial charge in [0.2, 0.25) is 6.54 Å². The Labute approximate surface area is 156 Å². The first-order valence-corrected chi connectivity index (χ1v) is 8.74. The van der Waals surface area contributed by atoms with Gasteiger partial charge in [-0.25, -0.2) is 0 Å². The van der Waals surface area contributed by atoms with E-state index in [2.05, 4.69) is 0 Å². The normalized spacial score (nSPS) is 19.7. The minimum atomic E-state index is -1.21. The Balaban J connectivity index is 2.05. The van der Waals surface area contributed by atoms with E-state index in [0.29, 0.717) is 0 Å². The number of para-hydroxylation sites is 1. The number of carbonyl (C=O) groups excluding carboxylic acids is 1. The summed E-state index contributed by atoms with van der Waals surface area (Å²) in [6, 6.07) is 20.5. The van der Waals surface area contributed by atoms with Crippen LogP contribution in [0.4, 0.5) is 5.69 Å². The molecule has 0 fully saturated rings. The molecule has 0 radical (unpaired) electrons. The van der Waals surface area contributed by atoms with E-state index in [1.807, 2.05) is 83.7 Å². The number of hydrogen-bond donors (Lipinski definition) is 0. The first-order valence-electron chi connectivity index (χ1n) is 8.74. The molecule has 1 amide bonds. The van der Waals surface area contributed by atoms with Gasteiger partial charge in [0, 0.05) is 35.6 Å². The van der Waals surface area contributed by atoms with Crippen molar-refractivity contribution in [3.8, 4) is 0 Å². The molecule has 0 aliphatic carbocycles.